The van der Waals surface area contributed by atoms with Crippen molar-refractivity contribution < 1.29 is 19.4 Å². The summed E-state index contributed by atoms with van der Waals surface area (Å²) in [5.41, 5.74) is 0.859. The maximum atomic E-state index is 11.6. The van der Waals surface area contributed by atoms with Crippen molar-refractivity contribution >= 4 is 23.5 Å². The van der Waals surface area contributed by atoms with Gasteiger partial charge in [-0.15, -0.1) is 0 Å². The lowest BCUT2D eigenvalue weighted by atomic mass is 10.1. The van der Waals surface area contributed by atoms with Crippen LogP contribution >= 0.6 is 11.6 Å². The number of carboxylic acids is 1. The van der Waals surface area contributed by atoms with Crippen molar-refractivity contribution in [2.24, 2.45) is 0 Å². The molecule has 0 saturated carbocycles. The number of halogens is 1. The van der Waals surface area contributed by atoms with Gasteiger partial charge in [0.25, 0.3) is 0 Å². The van der Waals surface area contributed by atoms with Gasteiger partial charge in [-0.1, -0.05) is 29.8 Å². The number of aliphatic carboxylic acids is 1. The number of benzene rings is 1. The van der Waals surface area contributed by atoms with Crippen LogP contribution in [0.2, 0.25) is 5.02 Å². The molecule has 1 unspecified atom stereocenters. The minimum Gasteiger partial charge on any atom is -0.480 e. The number of hydrogen-bond donors (Lipinski definition) is 2. The van der Waals surface area contributed by atoms with E-state index in [4.69, 9.17) is 21.4 Å². The van der Waals surface area contributed by atoms with Crippen molar-refractivity contribution in [2.75, 3.05) is 13.7 Å². The lowest BCUT2D eigenvalue weighted by molar-refractivity contribution is -0.143. The van der Waals surface area contributed by atoms with E-state index in [1.807, 2.05) is 18.2 Å². The highest BCUT2D eigenvalue weighted by atomic mass is 35.5. The first-order chi connectivity index (χ1) is 9.04. The van der Waals surface area contributed by atoms with E-state index < -0.39 is 12.0 Å². The van der Waals surface area contributed by atoms with E-state index in [1.54, 1.807) is 6.07 Å². The van der Waals surface area contributed by atoms with Gasteiger partial charge in [-0.05, 0) is 18.1 Å². The van der Waals surface area contributed by atoms with E-state index in [1.165, 1.54) is 7.11 Å². The monoisotopic (exact) mass is 285 g/mol. The summed E-state index contributed by atoms with van der Waals surface area (Å²) in [6.07, 6.45) is 0.641. The molecule has 0 bridgehead atoms. The largest absolute Gasteiger partial charge is 0.480 e. The predicted molar refractivity (Wildman–Crippen MR) is 71.2 cm³/mol. The molecule has 6 heteroatoms. The smallest absolute Gasteiger partial charge is 0.328 e. The molecule has 0 radical (unpaired) electrons. The van der Waals surface area contributed by atoms with E-state index in [0.717, 1.165) is 5.56 Å². The Morgan fingerprint density at radius 2 is 2.11 bits per heavy atom. The zero-order valence-electron chi connectivity index (χ0n) is 10.6. The molecule has 0 heterocycles. The van der Waals surface area contributed by atoms with Crippen molar-refractivity contribution in [3.05, 3.63) is 34.9 Å². The van der Waals surface area contributed by atoms with Gasteiger partial charge in [-0.25, -0.2) is 4.79 Å². The fourth-order valence-electron chi connectivity index (χ4n) is 1.56. The summed E-state index contributed by atoms with van der Waals surface area (Å²) < 4.78 is 4.73. The van der Waals surface area contributed by atoms with Crippen LogP contribution in [0.15, 0.2) is 24.3 Å². The third kappa shape index (κ3) is 5.28. The van der Waals surface area contributed by atoms with Crippen LogP contribution in [0.25, 0.3) is 0 Å². The lowest BCUT2D eigenvalue weighted by Crippen LogP contribution is -2.43. The van der Waals surface area contributed by atoms with E-state index in [-0.39, 0.29) is 18.9 Å². The van der Waals surface area contributed by atoms with Crippen LogP contribution in [-0.2, 0) is 20.7 Å². The Bertz CT molecular complexity index is 450. The average molecular weight is 286 g/mol. The van der Waals surface area contributed by atoms with E-state index in [9.17, 15) is 9.59 Å². The van der Waals surface area contributed by atoms with Gasteiger partial charge < -0.3 is 15.2 Å². The molecule has 5 nitrogen and oxygen atoms in total. The average Bonchev–Trinajstić information content (AvgIpc) is 2.37. The highest BCUT2D eigenvalue weighted by Crippen LogP contribution is 2.16. The van der Waals surface area contributed by atoms with Crippen LogP contribution < -0.4 is 5.32 Å². The fourth-order valence-corrected chi connectivity index (χ4v) is 1.79. The molecule has 0 aliphatic rings. The van der Waals surface area contributed by atoms with Gasteiger partial charge >= 0.3 is 5.97 Å². The molecule has 0 spiro atoms. The number of rotatable bonds is 7. The highest BCUT2D eigenvalue weighted by Gasteiger charge is 2.19. The summed E-state index contributed by atoms with van der Waals surface area (Å²) >= 11 is 5.97. The molecule has 0 aromatic heterocycles. The molecule has 19 heavy (non-hydrogen) atoms. The Balaban J connectivity index is 2.47. The minimum absolute atomic E-state index is 0.0623. The summed E-state index contributed by atoms with van der Waals surface area (Å²) in [4.78, 5) is 22.5. The molecule has 0 aliphatic heterocycles. The number of carboxylic acid groups (broad SMARTS) is 1. The van der Waals surface area contributed by atoms with Gasteiger partial charge in [0, 0.05) is 18.6 Å². The summed E-state index contributed by atoms with van der Waals surface area (Å²) in [6.45, 7) is -0.0623. The van der Waals surface area contributed by atoms with Gasteiger partial charge in [0.1, 0.15) is 0 Å². The summed E-state index contributed by atoms with van der Waals surface area (Å²) in [7, 11) is 1.38. The van der Waals surface area contributed by atoms with Gasteiger partial charge in [0.15, 0.2) is 6.04 Å². The van der Waals surface area contributed by atoms with E-state index >= 15 is 0 Å². The van der Waals surface area contributed by atoms with Crippen molar-refractivity contribution in [1.29, 1.82) is 0 Å². The van der Waals surface area contributed by atoms with E-state index in [0.29, 0.717) is 11.4 Å². The van der Waals surface area contributed by atoms with Gasteiger partial charge in [-0.3, -0.25) is 4.79 Å². The predicted octanol–water partition coefficient (Wildman–Crippen LogP) is 1.49. The molecule has 1 aromatic rings. The molecule has 0 fully saturated rings. The molecule has 0 aliphatic carbocycles. The van der Waals surface area contributed by atoms with Crippen LogP contribution in [0.1, 0.15) is 12.0 Å². The molecule has 1 amide bonds. The Hall–Kier alpha value is -1.59. The topological polar surface area (TPSA) is 75.6 Å². The third-order valence-corrected chi connectivity index (χ3v) is 2.91. The number of ether oxygens (including phenoxy) is 1. The van der Waals surface area contributed by atoms with Gasteiger partial charge in [0.05, 0.1) is 6.61 Å². The number of carbonyl (C=O) groups is 2. The second kappa shape index (κ2) is 7.76. The third-order valence-electron chi connectivity index (χ3n) is 2.55. The standard InChI is InChI=1S/C13H16ClNO4/c1-19-8-11(13(17)18)15-12(16)7-6-9-4-2-3-5-10(9)14/h2-5,11H,6-8H2,1H3,(H,15,16)(H,17,18). The molecule has 1 rings (SSSR count). The Kier molecular flexibility index (Phi) is 6.32. The Labute approximate surface area is 116 Å². The van der Waals surface area contributed by atoms with E-state index in [2.05, 4.69) is 5.32 Å². The molecule has 1 aromatic carbocycles. The summed E-state index contributed by atoms with van der Waals surface area (Å²) in [5.74, 6) is -1.46. The molecular weight excluding hydrogens is 270 g/mol. The molecule has 104 valence electrons. The van der Waals surface area contributed by atoms with Crippen LogP contribution in [0, 0.1) is 0 Å². The SMILES string of the molecule is COCC(NC(=O)CCc1ccccc1Cl)C(=O)O. The Morgan fingerprint density at radius 1 is 1.42 bits per heavy atom. The second-order valence-electron chi connectivity index (χ2n) is 4.01. The zero-order valence-corrected chi connectivity index (χ0v) is 11.3. The van der Waals surface area contributed by atoms with Crippen LogP contribution in [-0.4, -0.2) is 36.7 Å². The first-order valence-corrected chi connectivity index (χ1v) is 6.17. The number of aryl methyl sites for hydroxylation is 1. The normalized spacial score (nSPS) is 11.9. The number of carbonyl (C=O) groups excluding carboxylic acids is 1. The maximum absolute atomic E-state index is 11.6. The maximum Gasteiger partial charge on any atom is 0.328 e. The van der Waals surface area contributed by atoms with Crippen molar-refractivity contribution in [3.8, 4) is 0 Å². The quantitative estimate of drug-likeness (QED) is 0.796. The number of hydrogen-bond acceptors (Lipinski definition) is 3. The minimum atomic E-state index is -1.12. The van der Waals surface area contributed by atoms with Crippen molar-refractivity contribution in [3.63, 3.8) is 0 Å². The molecule has 0 saturated heterocycles. The van der Waals surface area contributed by atoms with Gasteiger partial charge in [-0.2, -0.15) is 0 Å². The lowest BCUT2D eigenvalue weighted by Gasteiger charge is -2.13. The molecular formula is C13H16ClNO4. The zero-order chi connectivity index (χ0) is 14.3. The fraction of sp³-hybridized carbons (Fsp3) is 0.385. The first kappa shape index (κ1) is 15.5. The summed E-state index contributed by atoms with van der Waals surface area (Å²) in [6, 6.07) is 6.21. The molecule has 2 N–H and O–H groups in total. The highest BCUT2D eigenvalue weighted by molar-refractivity contribution is 6.31. The van der Waals surface area contributed by atoms with Crippen LogP contribution in [0.5, 0.6) is 0 Å². The van der Waals surface area contributed by atoms with Crippen LogP contribution in [0.4, 0.5) is 0 Å². The molecule has 1 atom stereocenters. The van der Waals surface area contributed by atoms with Crippen molar-refractivity contribution in [2.45, 2.75) is 18.9 Å². The van der Waals surface area contributed by atoms with Crippen LogP contribution in [0.3, 0.4) is 0 Å². The summed E-state index contributed by atoms with van der Waals surface area (Å²) in [5, 5.41) is 11.9. The number of amides is 1. The van der Waals surface area contributed by atoms with Gasteiger partial charge in [0.2, 0.25) is 5.91 Å². The first-order valence-electron chi connectivity index (χ1n) is 5.79. The number of methoxy groups -OCH3 is 1. The van der Waals surface area contributed by atoms with Crippen molar-refractivity contribution in [1.82, 2.24) is 5.32 Å². The Morgan fingerprint density at radius 3 is 2.68 bits per heavy atom. The second-order valence-corrected chi connectivity index (χ2v) is 4.41. The number of nitrogens with one attached hydrogen (secondary N) is 1.